The zero-order valence-corrected chi connectivity index (χ0v) is 17.9. The maximum absolute atomic E-state index is 11.9. The van der Waals surface area contributed by atoms with E-state index < -0.39 is 4.92 Å². The van der Waals surface area contributed by atoms with E-state index >= 15 is 0 Å². The van der Waals surface area contributed by atoms with E-state index in [1.54, 1.807) is 0 Å². The van der Waals surface area contributed by atoms with E-state index in [4.69, 9.17) is 4.74 Å². The van der Waals surface area contributed by atoms with Crippen LogP contribution in [-0.2, 0) is 0 Å². The molecule has 0 saturated carbocycles. The predicted octanol–water partition coefficient (Wildman–Crippen LogP) is 4.52. The van der Waals surface area contributed by atoms with Crippen LogP contribution in [0.15, 0.2) is 24.5 Å². The molecule has 8 nitrogen and oxygen atoms in total. The minimum absolute atomic E-state index is 0.0314. The number of hydrogen-bond donors (Lipinski definition) is 2. The number of aryl methyl sites for hydroxylation is 2. The molecule has 0 amide bonds. The standard InChI is InChI=1S/C21H29N5O3/c1-13-7-14(2)9-16(8-13)29-19-17(26(27)28)18(22-12-23-19)24-15-10-20(3,4)25-21(5,6)11-15/h7-9,12,15,25H,10-11H2,1-6H3,(H,22,23,24). The van der Waals surface area contributed by atoms with Gasteiger partial charge in [-0.2, -0.15) is 4.98 Å². The van der Waals surface area contributed by atoms with Crippen molar-refractivity contribution in [2.24, 2.45) is 0 Å². The third-order valence-electron chi connectivity index (χ3n) is 4.91. The molecular weight excluding hydrogens is 370 g/mol. The Morgan fingerprint density at radius 1 is 1.10 bits per heavy atom. The SMILES string of the molecule is Cc1cc(C)cc(Oc2ncnc(NC3CC(C)(C)NC(C)(C)C3)c2[N+](=O)[O-])c1. The van der Waals surface area contributed by atoms with Crippen LogP contribution in [0.4, 0.5) is 11.5 Å². The molecule has 29 heavy (non-hydrogen) atoms. The fourth-order valence-corrected chi connectivity index (χ4v) is 4.43. The highest BCUT2D eigenvalue weighted by Gasteiger charge is 2.39. The molecular formula is C21H29N5O3. The van der Waals surface area contributed by atoms with Gasteiger partial charge < -0.3 is 15.4 Å². The summed E-state index contributed by atoms with van der Waals surface area (Å²) in [6, 6.07) is 5.69. The fraction of sp³-hybridized carbons (Fsp3) is 0.524. The minimum Gasteiger partial charge on any atom is -0.434 e. The molecule has 0 bridgehead atoms. The number of anilines is 1. The molecule has 0 aliphatic carbocycles. The Morgan fingerprint density at radius 2 is 1.69 bits per heavy atom. The Kier molecular flexibility index (Phi) is 5.49. The molecule has 156 valence electrons. The van der Waals surface area contributed by atoms with Crippen LogP contribution in [0.25, 0.3) is 0 Å². The smallest absolute Gasteiger partial charge is 0.373 e. The van der Waals surface area contributed by atoms with Crippen molar-refractivity contribution in [3.05, 3.63) is 45.8 Å². The molecule has 2 heterocycles. The first kappa shape index (κ1) is 21.0. The molecule has 3 rings (SSSR count). The van der Waals surface area contributed by atoms with Crippen LogP contribution in [0.5, 0.6) is 11.6 Å². The van der Waals surface area contributed by atoms with E-state index in [9.17, 15) is 10.1 Å². The molecule has 2 aromatic rings. The van der Waals surface area contributed by atoms with Gasteiger partial charge in [-0.1, -0.05) is 6.07 Å². The summed E-state index contributed by atoms with van der Waals surface area (Å²) in [4.78, 5) is 19.6. The van der Waals surface area contributed by atoms with Crippen molar-refractivity contribution in [1.82, 2.24) is 15.3 Å². The summed E-state index contributed by atoms with van der Waals surface area (Å²) in [7, 11) is 0. The Labute approximate surface area is 171 Å². The summed E-state index contributed by atoms with van der Waals surface area (Å²) < 4.78 is 5.80. The van der Waals surface area contributed by atoms with Crippen LogP contribution in [0.2, 0.25) is 0 Å². The molecule has 0 atom stereocenters. The number of benzene rings is 1. The van der Waals surface area contributed by atoms with Gasteiger partial charge in [0.15, 0.2) is 0 Å². The van der Waals surface area contributed by atoms with Crippen molar-refractivity contribution in [3.8, 4) is 11.6 Å². The van der Waals surface area contributed by atoms with Gasteiger partial charge in [0.1, 0.15) is 12.1 Å². The van der Waals surface area contributed by atoms with Crippen LogP contribution < -0.4 is 15.4 Å². The van der Waals surface area contributed by atoms with Gasteiger partial charge in [-0.25, -0.2) is 4.98 Å². The molecule has 1 fully saturated rings. The van der Waals surface area contributed by atoms with E-state index in [-0.39, 0.29) is 34.5 Å². The third kappa shape index (κ3) is 5.20. The van der Waals surface area contributed by atoms with Crippen LogP contribution in [0, 0.1) is 24.0 Å². The molecule has 0 spiro atoms. The zero-order valence-electron chi connectivity index (χ0n) is 17.9. The Balaban J connectivity index is 1.92. The Morgan fingerprint density at radius 3 is 2.24 bits per heavy atom. The number of nitrogens with zero attached hydrogens (tertiary/aromatic N) is 3. The van der Waals surface area contributed by atoms with Crippen molar-refractivity contribution < 1.29 is 9.66 Å². The minimum atomic E-state index is -0.488. The van der Waals surface area contributed by atoms with Crippen molar-refractivity contribution in [2.45, 2.75) is 71.5 Å². The van der Waals surface area contributed by atoms with E-state index in [0.29, 0.717) is 5.75 Å². The number of piperidine rings is 1. The highest BCUT2D eigenvalue weighted by Crippen LogP contribution is 2.37. The second kappa shape index (κ2) is 7.59. The first-order chi connectivity index (χ1) is 13.4. The van der Waals surface area contributed by atoms with Gasteiger partial charge in [-0.3, -0.25) is 10.1 Å². The van der Waals surface area contributed by atoms with Gasteiger partial charge in [0.2, 0.25) is 5.82 Å². The molecule has 1 saturated heterocycles. The lowest BCUT2D eigenvalue weighted by Gasteiger charge is -2.46. The highest BCUT2D eigenvalue weighted by atomic mass is 16.6. The maximum atomic E-state index is 11.9. The molecule has 1 aliphatic heterocycles. The van der Waals surface area contributed by atoms with E-state index in [1.807, 2.05) is 32.0 Å². The van der Waals surface area contributed by atoms with E-state index in [2.05, 4.69) is 48.3 Å². The number of aromatic nitrogens is 2. The van der Waals surface area contributed by atoms with E-state index in [1.165, 1.54) is 6.33 Å². The summed E-state index contributed by atoms with van der Waals surface area (Å²) in [6.45, 7) is 12.4. The van der Waals surface area contributed by atoms with Crippen LogP contribution >= 0.6 is 0 Å². The number of ether oxygens (including phenoxy) is 1. The van der Waals surface area contributed by atoms with Crippen molar-refractivity contribution in [1.29, 1.82) is 0 Å². The van der Waals surface area contributed by atoms with Gasteiger partial charge >= 0.3 is 11.6 Å². The summed E-state index contributed by atoms with van der Waals surface area (Å²) >= 11 is 0. The number of hydrogen-bond acceptors (Lipinski definition) is 7. The molecule has 0 unspecified atom stereocenters. The average Bonchev–Trinajstić information content (AvgIpc) is 2.50. The Bertz CT molecular complexity index is 890. The van der Waals surface area contributed by atoms with Gasteiger partial charge in [-0.15, -0.1) is 0 Å². The molecule has 8 heteroatoms. The largest absolute Gasteiger partial charge is 0.434 e. The fourth-order valence-electron chi connectivity index (χ4n) is 4.43. The maximum Gasteiger partial charge on any atom is 0.373 e. The van der Waals surface area contributed by atoms with Crippen LogP contribution in [-0.4, -0.2) is 32.0 Å². The third-order valence-corrected chi connectivity index (χ3v) is 4.91. The molecule has 1 aliphatic rings. The van der Waals surface area contributed by atoms with E-state index in [0.717, 1.165) is 24.0 Å². The average molecular weight is 399 g/mol. The molecule has 0 radical (unpaired) electrons. The number of rotatable bonds is 5. The van der Waals surface area contributed by atoms with Crippen molar-refractivity contribution in [2.75, 3.05) is 5.32 Å². The topological polar surface area (TPSA) is 102 Å². The summed E-state index contributed by atoms with van der Waals surface area (Å²) in [5, 5.41) is 18.7. The van der Waals surface area contributed by atoms with Crippen LogP contribution in [0.1, 0.15) is 51.7 Å². The quantitative estimate of drug-likeness (QED) is 0.563. The lowest BCUT2D eigenvalue weighted by molar-refractivity contribution is -0.385. The summed E-state index contributed by atoms with van der Waals surface area (Å²) in [5.74, 6) is 0.632. The first-order valence-corrected chi connectivity index (χ1v) is 9.75. The highest BCUT2D eigenvalue weighted by molar-refractivity contribution is 5.62. The lowest BCUT2D eigenvalue weighted by Crippen LogP contribution is -2.60. The van der Waals surface area contributed by atoms with Gasteiger partial charge in [-0.05, 0) is 77.6 Å². The summed E-state index contributed by atoms with van der Waals surface area (Å²) in [6.07, 6.45) is 2.92. The molecule has 1 aromatic heterocycles. The lowest BCUT2D eigenvalue weighted by atomic mass is 9.79. The normalized spacial score (nSPS) is 18.3. The number of nitrogens with one attached hydrogen (secondary N) is 2. The van der Waals surface area contributed by atoms with Gasteiger partial charge in [0.25, 0.3) is 0 Å². The molecule has 1 aromatic carbocycles. The van der Waals surface area contributed by atoms with Gasteiger partial charge in [0.05, 0.1) is 4.92 Å². The Hall–Kier alpha value is -2.74. The van der Waals surface area contributed by atoms with Crippen LogP contribution in [0.3, 0.4) is 0 Å². The van der Waals surface area contributed by atoms with Crippen molar-refractivity contribution in [3.63, 3.8) is 0 Å². The summed E-state index contributed by atoms with van der Waals surface area (Å²) in [5.41, 5.74) is 1.57. The monoisotopic (exact) mass is 399 g/mol. The zero-order chi connectivity index (χ0) is 21.4. The predicted molar refractivity (Wildman–Crippen MR) is 113 cm³/mol. The van der Waals surface area contributed by atoms with Gasteiger partial charge in [0, 0.05) is 17.1 Å². The molecule has 2 N–H and O–H groups in total. The first-order valence-electron chi connectivity index (χ1n) is 9.75. The second-order valence-electron chi connectivity index (χ2n) is 9.20. The van der Waals surface area contributed by atoms with Crippen molar-refractivity contribution >= 4 is 11.5 Å². The number of nitro groups is 1. The second-order valence-corrected chi connectivity index (χ2v) is 9.20.